The van der Waals surface area contributed by atoms with Gasteiger partial charge in [-0.1, -0.05) is 0 Å². The van der Waals surface area contributed by atoms with Gasteiger partial charge in [-0.15, -0.1) is 0 Å². The second-order valence-corrected chi connectivity index (χ2v) is 4.97. The van der Waals surface area contributed by atoms with Crippen LogP contribution in [-0.2, 0) is 7.05 Å². The van der Waals surface area contributed by atoms with Crippen LogP contribution in [0.4, 0.5) is 5.82 Å². The molecule has 0 aliphatic rings. The topological polar surface area (TPSA) is 55.6 Å². The van der Waals surface area contributed by atoms with Crippen LogP contribution in [0.1, 0.15) is 11.4 Å². The predicted octanol–water partition coefficient (Wildman–Crippen LogP) is 2.14. The number of halogens is 1. The molecule has 0 amide bonds. The largest absolute Gasteiger partial charge is 0.372 e. The van der Waals surface area contributed by atoms with Crippen LogP contribution in [-0.4, -0.2) is 26.8 Å². The highest BCUT2D eigenvalue weighted by molar-refractivity contribution is 14.1. The van der Waals surface area contributed by atoms with Crippen LogP contribution in [0.3, 0.4) is 0 Å². The molecule has 2 heterocycles. The monoisotopic (exact) mass is 343 g/mol. The lowest BCUT2D eigenvalue weighted by Gasteiger charge is -2.05. The van der Waals surface area contributed by atoms with E-state index in [1.54, 1.807) is 0 Å². The van der Waals surface area contributed by atoms with E-state index in [-0.39, 0.29) is 0 Å². The van der Waals surface area contributed by atoms with Gasteiger partial charge in [0.25, 0.3) is 0 Å². The number of aryl methyl sites for hydroxylation is 2. The molecule has 0 spiro atoms. The zero-order valence-electron chi connectivity index (χ0n) is 10.2. The Morgan fingerprint density at radius 3 is 2.59 bits per heavy atom. The third-order valence-corrected chi connectivity index (χ3v) is 3.50. The van der Waals surface area contributed by atoms with Crippen molar-refractivity contribution in [1.29, 1.82) is 0 Å². The van der Waals surface area contributed by atoms with Gasteiger partial charge in [-0.3, -0.25) is 4.68 Å². The third-order valence-electron chi connectivity index (χ3n) is 2.71. The van der Waals surface area contributed by atoms with Crippen molar-refractivity contribution in [2.75, 3.05) is 12.4 Å². The van der Waals surface area contributed by atoms with Gasteiger partial charge in [-0.25, -0.2) is 9.97 Å². The Hall–Kier alpha value is -1.18. The van der Waals surface area contributed by atoms with E-state index in [1.807, 2.05) is 38.8 Å². The molecule has 1 N–H and O–H groups in total. The van der Waals surface area contributed by atoms with E-state index in [4.69, 9.17) is 0 Å². The third kappa shape index (κ3) is 2.13. The van der Waals surface area contributed by atoms with Crippen LogP contribution >= 0.6 is 22.6 Å². The number of hydrogen-bond donors (Lipinski definition) is 1. The maximum Gasteiger partial charge on any atom is 0.165 e. The molecule has 0 radical (unpaired) electrons. The molecule has 0 atom stereocenters. The molecule has 0 fully saturated rings. The average molecular weight is 343 g/mol. The minimum absolute atomic E-state index is 0.720. The molecule has 0 aliphatic carbocycles. The second-order valence-electron chi connectivity index (χ2n) is 3.81. The van der Waals surface area contributed by atoms with Crippen LogP contribution in [0.25, 0.3) is 11.4 Å². The smallest absolute Gasteiger partial charge is 0.165 e. The van der Waals surface area contributed by atoms with E-state index in [9.17, 15) is 0 Å². The zero-order chi connectivity index (χ0) is 12.6. The molecule has 0 saturated carbocycles. The van der Waals surface area contributed by atoms with E-state index in [0.29, 0.717) is 0 Å². The summed E-state index contributed by atoms with van der Waals surface area (Å²) in [5.41, 5.74) is 3.04. The molecule has 2 aromatic heterocycles. The van der Waals surface area contributed by atoms with Crippen molar-refractivity contribution < 1.29 is 0 Å². The van der Waals surface area contributed by atoms with E-state index in [0.717, 1.165) is 32.2 Å². The lowest BCUT2D eigenvalue weighted by molar-refractivity contribution is 0.731. The van der Waals surface area contributed by atoms with E-state index in [1.165, 1.54) is 0 Å². The fraction of sp³-hybridized carbons (Fsp3) is 0.364. The average Bonchev–Trinajstić information content (AvgIpc) is 2.55. The lowest BCUT2D eigenvalue weighted by atomic mass is 10.2. The summed E-state index contributed by atoms with van der Waals surface area (Å²) >= 11 is 2.21. The van der Waals surface area contributed by atoms with Gasteiger partial charge in [-0.2, -0.15) is 5.10 Å². The van der Waals surface area contributed by atoms with Gasteiger partial charge in [0.2, 0.25) is 0 Å². The maximum atomic E-state index is 4.51. The van der Waals surface area contributed by atoms with Crippen molar-refractivity contribution in [2.24, 2.45) is 7.05 Å². The van der Waals surface area contributed by atoms with E-state index in [2.05, 4.69) is 43.0 Å². The SMILES string of the molecule is CNc1nc(-c2c(C)nn(C)c2C)ncc1I. The molecule has 0 bridgehead atoms. The number of aromatic nitrogens is 4. The number of rotatable bonds is 2. The number of nitrogens with zero attached hydrogens (tertiary/aromatic N) is 4. The second kappa shape index (κ2) is 4.59. The molecule has 5 nitrogen and oxygen atoms in total. The molecule has 0 saturated heterocycles. The molecular formula is C11H14IN5. The fourth-order valence-electron chi connectivity index (χ4n) is 1.76. The molecule has 0 aliphatic heterocycles. The van der Waals surface area contributed by atoms with Gasteiger partial charge in [0.05, 0.1) is 14.8 Å². The van der Waals surface area contributed by atoms with E-state index >= 15 is 0 Å². The highest BCUT2D eigenvalue weighted by atomic mass is 127. The van der Waals surface area contributed by atoms with Gasteiger partial charge in [-0.05, 0) is 36.4 Å². The summed E-state index contributed by atoms with van der Waals surface area (Å²) < 4.78 is 2.86. The predicted molar refractivity (Wildman–Crippen MR) is 76.0 cm³/mol. The maximum absolute atomic E-state index is 4.51. The first kappa shape index (κ1) is 12.3. The number of hydrogen-bond acceptors (Lipinski definition) is 4. The first-order chi connectivity index (χ1) is 8.04. The quantitative estimate of drug-likeness (QED) is 0.849. The molecule has 0 unspecified atom stereocenters. The van der Waals surface area contributed by atoms with Crippen LogP contribution in [0.15, 0.2) is 6.20 Å². The Morgan fingerprint density at radius 2 is 2.06 bits per heavy atom. The minimum Gasteiger partial charge on any atom is -0.372 e. The molecule has 0 aromatic carbocycles. The van der Waals surface area contributed by atoms with Crippen molar-refractivity contribution in [3.05, 3.63) is 21.2 Å². The Bertz CT molecular complexity index is 561. The zero-order valence-corrected chi connectivity index (χ0v) is 12.4. The summed E-state index contributed by atoms with van der Waals surface area (Å²) in [5.74, 6) is 1.57. The Balaban J connectivity index is 2.60. The summed E-state index contributed by atoms with van der Waals surface area (Å²) in [4.78, 5) is 8.89. The summed E-state index contributed by atoms with van der Waals surface area (Å²) in [7, 11) is 3.79. The number of nitrogens with one attached hydrogen (secondary N) is 1. The summed E-state index contributed by atoms with van der Waals surface area (Å²) in [6, 6.07) is 0. The van der Waals surface area contributed by atoms with Gasteiger partial charge in [0, 0.05) is 26.0 Å². The molecule has 2 aromatic rings. The minimum atomic E-state index is 0.720. The Kier molecular flexibility index (Phi) is 3.32. The van der Waals surface area contributed by atoms with Crippen molar-refractivity contribution in [3.63, 3.8) is 0 Å². The van der Waals surface area contributed by atoms with Gasteiger partial charge in [0.1, 0.15) is 5.82 Å². The van der Waals surface area contributed by atoms with Crippen molar-refractivity contribution in [1.82, 2.24) is 19.7 Å². The fourth-order valence-corrected chi connectivity index (χ4v) is 2.29. The van der Waals surface area contributed by atoms with E-state index < -0.39 is 0 Å². The van der Waals surface area contributed by atoms with Gasteiger partial charge < -0.3 is 5.32 Å². The molecule has 17 heavy (non-hydrogen) atoms. The Labute approximate surface area is 114 Å². The van der Waals surface area contributed by atoms with Crippen LogP contribution < -0.4 is 5.32 Å². The number of anilines is 1. The van der Waals surface area contributed by atoms with Crippen LogP contribution in [0.5, 0.6) is 0 Å². The van der Waals surface area contributed by atoms with Crippen LogP contribution in [0.2, 0.25) is 0 Å². The molecule has 6 heteroatoms. The molecular weight excluding hydrogens is 329 g/mol. The van der Waals surface area contributed by atoms with Crippen molar-refractivity contribution >= 4 is 28.4 Å². The molecule has 2 rings (SSSR count). The van der Waals surface area contributed by atoms with Gasteiger partial charge >= 0.3 is 0 Å². The first-order valence-electron chi connectivity index (χ1n) is 5.25. The highest BCUT2D eigenvalue weighted by Crippen LogP contribution is 2.25. The van der Waals surface area contributed by atoms with Crippen LogP contribution in [0, 0.1) is 17.4 Å². The summed E-state index contributed by atoms with van der Waals surface area (Å²) in [6.45, 7) is 4.00. The normalized spacial score (nSPS) is 10.6. The highest BCUT2D eigenvalue weighted by Gasteiger charge is 2.15. The lowest BCUT2D eigenvalue weighted by Crippen LogP contribution is -2.00. The standard InChI is InChI=1S/C11H14IN5/c1-6-9(7(2)17(4)16-6)11-14-5-8(12)10(13-3)15-11/h5H,1-4H3,(H,13,14,15). The first-order valence-corrected chi connectivity index (χ1v) is 6.33. The summed E-state index contributed by atoms with van der Waals surface area (Å²) in [6.07, 6.45) is 1.82. The van der Waals surface area contributed by atoms with Gasteiger partial charge in [0.15, 0.2) is 5.82 Å². The summed E-state index contributed by atoms with van der Waals surface area (Å²) in [5, 5.41) is 7.44. The van der Waals surface area contributed by atoms with Crippen molar-refractivity contribution in [3.8, 4) is 11.4 Å². The van der Waals surface area contributed by atoms with Crippen molar-refractivity contribution in [2.45, 2.75) is 13.8 Å². The molecule has 90 valence electrons. The Morgan fingerprint density at radius 1 is 1.35 bits per heavy atom.